The molecule has 112 valence electrons. The van der Waals surface area contributed by atoms with Crippen molar-refractivity contribution < 1.29 is 13.5 Å². The van der Waals surface area contributed by atoms with Crippen LogP contribution in [-0.2, 0) is 0 Å². The molecule has 0 bridgehead atoms. The molecule has 0 saturated heterocycles. The van der Waals surface area contributed by atoms with Crippen LogP contribution in [0.3, 0.4) is 0 Å². The molecule has 2 aromatic carbocycles. The van der Waals surface area contributed by atoms with E-state index in [0.717, 1.165) is 6.07 Å². The van der Waals surface area contributed by atoms with Gasteiger partial charge in [-0.15, -0.1) is 0 Å². The highest BCUT2D eigenvalue weighted by Gasteiger charge is 2.25. The van der Waals surface area contributed by atoms with E-state index in [0.29, 0.717) is 10.8 Å². The summed E-state index contributed by atoms with van der Waals surface area (Å²) in [6, 6.07) is 8.23. The van der Waals surface area contributed by atoms with Crippen molar-refractivity contribution in [3.05, 3.63) is 63.1 Å². The fourth-order valence-corrected chi connectivity index (χ4v) is 2.44. The minimum atomic E-state index is -0.957. The van der Waals surface area contributed by atoms with Gasteiger partial charge in [-0.2, -0.15) is 0 Å². The van der Waals surface area contributed by atoms with Crippen LogP contribution in [0.4, 0.5) is 8.78 Å². The number of ether oxygens (including phenoxy) is 1. The van der Waals surface area contributed by atoms with E-state index in [1.54, 1.807) is 31.2 Å². The lowest BCUT2D eigenvalue weighted by Gasteiger charge is -2.23. The highest BCUT2D eigenvalue weighted by Crippen LogP contribution is 2.29. The number of halogens is 4. The number of nitrogens with two attached hydrogens (primary N) is 1. The Labute approximate surface area is 135 Å². The van der Waals surface area contributed by atoms with Crippen LogP contribution in [0.2, 0.25) is 5.02 Å². The summed E-state index contributed by atoms with van der Waals surface area (Å²) in [5, 5.41) is 0.507. The number of benzene rings is 2. The summed E-state index contributed by atoms with van der Waals surface area (Å²) in [5.74, 6) is -0.935. The topological polar surface area (TPSA) is 35.2 Å². The Morgan fingerprint density at radius 3 is 2.62 bits per heavy atom. The van der Waals surface area contributed by atoms with Crippen LogP contribution in [-0.4, -0.2) is 6.10 Å². The Morgan fingerprint density at radius 1 is 1.24 bits per heavy atom. The Hall–Kier alpha value is -1.17. The van der Waals surface area contributed by atoms with E-state index in [4.69, 9.17) is 22.1 Å². The molecule has 0 spiro atoms. The van der Waals surface area contributed by atoms with Gasteiger partial charge in [-0.1, -0.05) is 17.7 Å². The largest absolute Gasteiger partial charge is 0.489 e. The van der Waals surface area contributed by atoms with Crippen molar-refractivity contribution in [1.29, 1.82) is 0 Å². The highest BCUT2D eigenvalue weighted by molar-refractivity contribution is 9.10. The van der Waals surface area contributed by atoms with Crippen LogP contribution >= 0.6 is 27.5 Å². The third-order valence-corrected chi connectivity index (χ3v) is 3.88. The second-order valence-electron chi connectivity index (χ2n) is 4.56. The first-order valence-corrected chi connectivity index (χ1v) is 7.38. The van der Waals surface area contributed by atoms with Crippen LogP contribution in [0.15, 0.2) is 40.9 Å². The predicted octanol–water partition coefficient (Wildman–Crippen LogP) is 4.85. The molecule has 0 aliphatic heterocycles. The van der Waals surface area contributed by atoms with Crippen LogP contribution in [0.1, 0.15) is 18.5 Å². The van der Waals surface area contributed by atoms with Gasteiger partial charge in [0, 0.05) is 10.6 Å². The van der Waals surface area contributed by atoms with Crippen LogP contribution in [0, 0.1) is 11.6 Å². The van der Waals surface area contributed by atoms with E-state index in [-0.39, 0.29) is 10.0 Å². The summed E-state index contributed by atoms with van der Waals surface area (Å²) in [4.78, 5) is 0. The van der Waals surface area contributed by atoms with Gasteiger partial charge in [0.25, 0.3) is 0 Å². The number of hydrogen-bond acceptors (Lipinski definition) is 2. The third kappa shape index (κ3) is 3.73. The average Bonchev–Trinajstić information content (AvgIpc) is 2.43. The van der Waals surface area contributed by atoms with Crippen molar-refractivity contribution in [3.8, 4) is 5.75 Å². The zero-order valence-corrected chi connectivity index (χ0v) is 13.5. The Balaban J connectivity index is 2.24. The van der Waals surface area contributed by atoms with Gasteiger partial charge in [-0.3, -0.25) is 0 Å². The summed E-state index contributed by atoms with van der Waals surface area (Å²) in [6.45, 7) is 1.64. The summed E-state index contributed by atoms with van der Waals surface area (Å²) < 4.78 is 33.6. The molecule has 0 aliphatic carbocycles. The zero-order chi connectivity index (χ0) is 15.6. The summed E-state index contributed by atoms with van der Waals surface area (Å²) in [6.07, 6.45) is -0.637. The van der Waals surface area contributed by atoms with E-state index in [1.807, 2.05) is 0 Å². The van der Waals surface area contributed by atoms with E-state index in [1.165, 1.54) is 6.07 Å². The molecule has 6 heteroatoms. The van der Waals surface area contributed by atoms with Gasteiger partial charge in [0.15, 0.2) is 0 Å². The second-order valence-corrected chi connectivity index (χ2v) is 5.85. The molecule has 2 N–H and O–H groups in total. The lowest BCUT2D eigenvalue weighted by molar-refractivity contribution is 0.186. The van der Waals surface area contributed by atoms with E-state index in [2.05, 4.69) is 15.9 Å². The van der Waals surface area contributed by atoms with Gasteiger partial charge in [0.1, 0.15) is 23.5 Å². The molecule has 2 atom stereocenters. The molecule has 0 saturated carbocycles. The van der Waals surface area contributed by atoms with E-state index in [9.17, 15) is 8.78 Å². The first-order valence-electron chi connectivity index (χ1n) is 6.21. The standard InChI is InChI=1S/C15H13BrClF2NO/c1-8(21-10-4-2-3-9(17)7-10)15(20)13-12(18)6-5-11(16)14(13)19/h2-8,15H,20H2,1H3. The number of rotatable bonds is 4. The predicted molar refractivity (Wildman–Crippen MR) is 82.5 cm³/mol. The minimum absolute atomic E-state index is 0.157. The fraction of sp³-hybridized carbons (Fsp3) is 0.200. The fourth-order valence-electron chi connectivity index (χ4n) is 1.91. The molecule has 2 nitrogen and oxygen atoms in total. The normalized spacial score (nSPS) is 13.8. The molecule has 0 heterocycles. The van der Waals surface area contributed by atoms with Crippen molar-refractivity contribution in [2.24, 2.45) is 5.73 Å². The molecule has 2 aromatic rings. The third-order valence-electron chi connectivity index (χ3n) is 3.04. The quantitative estimate of drug-likeness (QED) is 0.774. The lowest BCUT2D eigenvalue weighted by Crippen LogP contribution is -2.30. The van der Waals surface area contributed by atoms with Crippen LogP contribution < -0.4 is 10.5 Å². The number of hydrogen-bond donors (Lipinski definition) is 1. The van der Waals surface area contributed by atoms with Gasteiger partial charge < -0.3 is 10.5 Å². The second kappa shape index (κ2) is 6.73. The molecule has 0 aliphatic rings. The average molecular weight is 377 g/mol. The summed E-state index contributed by atoms with van der Waals surface area (Å²) in [7, 11) is 0. The smallest absolute Gasteiger partial charge is 0.145 e. The lowest BCUT2D eigenvalue weighted by atomic mass is 10.0. The van der Waals surface area contributed by atoms with Crippen molar-refractivity contribution >= 4 is 27.5 Å². The van der Waals surface area contributed by atoms with Crippen molar-refractivity contribution in [2.45, 2.75) is 19.1 Å². The molecular formula is C15H13BrClF2NO. The van der Waals surface area contributed by atoms with Gasteiger partial charge in [0.2, 0.25) is 0 Å². The molecule has 0 fully saturated rings. The molecular weight excluding hydrogens is 364 g/mol. The first kappa shape index (κ1) is 16.2. The van der Waals surface area contributed by atoms with E-state index >= 15 is 0 Å². The van der Waals surface area contributed by atoms with Gasteiger partial charge in [-0.05, 0) is 53.2 Å². The van der Waals surface area contributed by atoms with E-state index < -0.39 is 23.8 Å². The Kier molecular flexibility index (Phi) is 5.19. The minimum Gasteiger partial charge on any atom is -0.489 e. The van der Waals surface area contributed by atoms with Crippen molar-refractivity contribution in [3.63, 3.8) is 0 Å². The van der Waals surface area contributed by atoms with Gasteiger partial charge >= 0.3 is 0 Å². The maximum Gasteiger partial charge on any atom is 0.145 e. The summed E-state index contributed by atoms with van der Waals surface area (Å²) in [5.41, 5.74) is 5.73. The SMILES string of the molecule is CC(Oc1cccc(Cl)c1)C(N)c1c(F)ccc(Br)c1F. The molecule has 0 radical (unpaired) electrons. The van der Waals surface area contributed by atoms with Crippen LogP contribution in [0.25, 0.3) is 0 Å². The monoisotopic (exact) mass is 375 g/mol. The first-order chi connectivity index (χ1) is 9.90. The Bertz CT molecular complexity index is 654. The molecule has 2 rings (SSSR count). The maximum atomic E-state index is 14.0. The molecule has 0 aromatic heterocycles. The Morgan fingerprint density at radius 2 is 1.95 bits per heavy atom. The highest BCUT2D eigenvalue weighted by atomic mass is 79.9. The zero-order valence-electron chi connectivity index (χ0n) is 11.1. The van der Waals surface area contributed by atoms with Gasteiger partial charge in [-0.25, -0.2) is 8.78 Å². The van der Waals surface area contributed by atoms with Crippen LogP contribution in [0.5, 0.6) is 5.75 Å². The van der Waals surface area contributed by atoms with Crippen molar-refractivity contribution in [1.82, 2.24) is 0 Å². The summed E-state index contributed by atoms with van der Waals surface area (Å²) >= 11 is 8.88. The molecule has 2 unspecified atom stereocenters. The van der Waals surface area contributed by atoms with Gasteiger partial charge in [0.05, 0.1) is 10.5 Å². The maximum absolute atomic E-state index is 14.0. The molecule has 21 heavy (non-hydrogen) atoms. The van der Waals surface area contributed by atoms with Crippen molar-refractivity contribution in [2.75, 3.05) is 0 Å². The molecule has 0 amide bonds.